The fraction of sp³-hybridized carbons (Fsp3) is 0.458. The Morgan fingerprint density at radius 1 is 1.16 bits per heavy atom. The molecule has 1 aromatic heterocycles. The molecule has 2 aromatic rings. The second-order valence-corrected chi connectivity index (χ2v) is 8.96. The number of benzene rings is 1. The third kappa shape index (κ3) is 6.01. The number of hydrogen-bond acceptors (Lipinski definition) is 5. The van der Waals surface area contributed by atoms with E-state index in [9.17, 15) is 9.59 Å². The van der Waals surface area contributed by atoms with Crippen LogP contribution in [0.3, 0.4) is 0 Å². The summed E-state index contributed by atoms with van der Waals surface area (Å²) in [5, 5.41) is 6.82. The average molecular weight is 456 g/mol. The summed E-state index contributed by atoms with van der Waals surface area (Å²) in [6.07, 6.45) is 0.922. The first-order valence-electron chi connectivity index (χ1n) is 11.2. The summed E-state index contributed by atoms with van der Waals surface area (Å²) in [4.78, 5) is 34.0. The monoisotopic (exact) mass is 455 g/mol. The number of aromatic nitrogens is 1. The van der Waals surface area contributed by atoms with Gasteiger partial charge in [0.2, 0.25) is 0 Å². The van der Waals surface area contributed by atoms with Crippen molar-refractivity contribution in [1.29, 1.82) is 0 Å². The molecule has 32 heavy (non-hydrogen) atoms. The van der Waals surface area contributed by atoms with Crippen LogP contribution >= 0.6 is 11.8 Å². The zero-order valence-corrected chi connectivity index (χ0v) is 20.2. The predicted octanol–water partition coefficient (Wildman–Crippen LogP) is 4.30. The highest BCUT2D eigenvalue weighted by Crippen LogP contribution is 2.36. The van der Waals surface area contributed by atoms with Gasteiger partial charge < -0.3 is 15.5 Å². The molecule has 0 radical (unpaired) electrons. The number of nitrogens with zero attached hydrogens (tertiary/aromatic N) is 3. The summed E-state index contributed by atoms with van der Waals surface area (Å²) < 4.78 is 0. The molecule has 7 nitrogen and oxygen atoms in total. The van der Waals surface area contributed by atoms with Gasteiger partial charge in [0.15, 0.2) is 0 Å². The summed E-state index contributed by atoms with van der Waals surface area (Å²) in [5.41, 5.74) is 4.12. The lowest BCUT2D eigenvalue weighted by atomic mass is 10.2. The Morgan fingerprint density at radius 3 is 2.56 bits per heavy atom. The third-order valence-electron chi connectivity index (χ3n) is 5.58. The first-order chi connectivity index (χ1) is 15.4. The number of anilines is 2. The van der Waals surface area contributed by atoms with E-state index in [2.05, 4.69) is 34.4 Å². The van der Waals surface area contributed by atoms with E-state index in [0.717, 1.165) is 53.8 Å². The van der Waals surface area contributed by atoms with Gasteiger partial charge in [0, 0.05) is 35.8 Å². The number of carbonyl (C=O) groups excluding carboxylic acids is 2. The van der Waals surface area contributed by atoms with Crippen molar-refractivity contribution < 1.29 is 9.59 Å². The number of thioether (sulfide) groups is 1. The van der Waals surface area contributed by atoms with Crippen molar-refractivity contribution in [3.05, 3.63) is 47.2 Å². The Bertz CT molecular complexity index is 944. The van der Waals surface area contributed by atoms with Crippen molar-refractivity contribution in [2.24, 2.45) is 0 Å². The maximum absolute atomic E-state index is 13.0. The molecule has 172 valence electrons. The fourth-order valence-corrected chi connectivity index (χ4v) is 4.90. The van der Waals surface area contributed by atoms with Gasteiger partial charge in [0.1, 0.15) is 5.03 Å². The van der Waals surface area contributed by atoms with Crippen molar-refractivity contribution in [3.63, 3.8) is 0 Å². The van der Waals surface area contributed by atoms with Gasteiger partial charge in [-0.15, -0.1) is 11.8 Å². The summed E-state index contributed by atoms with van der Waals surface area (Å²) in [5.74, 6) is 0.713. The predicted molar refractivity (Wildman–Crippen MR) is 132 cm³/mol. The van der Waals surface area contributed by atoms with Crippen molar-refractivity contribution in [1.82, 2.24) is 15.2 Å². The quantitative estimate of drug-likeness (QED) is 0.580. The number of fused-ring (bicyclic) bond motifs is 1. The Balaban J connectivity index is 1.56. The number of nitrogens with one attached hydrogen (secondary N) is 2. The van der Waals surface area contributed by atoms with Crippen molar-refractivity contribution in [3.8, 4) is 0 Å². The lowest BCUT2D eigenvalue weighted by Crippen LogP contribution is -2.39. The summed E-state index contributed by atoms with van der Waals surface area (Å²) in [7, 11) is 0. The maximum Gasteiger partial charge on any atom is 0.326 e. The normalized spacial score (nSPS) is 13.1. The van der Waals surface area contributed by atoms with Crippen LogP contribution < -0.4 is 15.5 Å². The molecule has 0 atom stereocenters. The SMILES string of the molecule is CCN(CC)CCCNC(=O)c1ccc(NC(=O)N2CCSc3nc(C)cc(C)c32)cc1. The van der Waals surface area contributed by atoms with E-state index in [-0.39, 0.29) is 11.9 Å². The maximum atomic E-state index is 13.0. The highest BCUT2D eigenvalue weighted by atomic mass is 32.2. The molecule has 1 aliphatic heterocycles. The van der Waals surface area contributed by atoms with E-state index >= 15 is 0 Å². The summed E-state index contributed by atoms with van der Waals surface area (Å²) in [6.45, 7) is 12.6. The van der Waals surface area contributed by atoms with Crippen LogP contribution in [0.2, 0.25) is 0 Å². The van der Waals surface area contributed by atoms with Crippen LogP contribution in [0.1, 0.15) is 41.9 Å². The molecule has 8 heteroatoms. The number of rotatable bonds is 8. The van der Waals surface area contributed by atoms with Crippen LogP contribution in [0.15, 0.2) is 35.4 Å². The summed E-state index contributed by atoms with van der Waals surface area (Å²) in [6, 6.07) is 8.83. The van der Waals surface area contributed by atoms with Crippen LogP contribution in [-0.4, -0.2) is 60.3 Å². The molecule has 3 amide bonds. The molecule has 0 fully saturated rings. The minimum atomic E-state index is -0.186. The van der Waals surface area contributed by atoms with Gasteiger partial charge >= 0.3 is 6.03 Å². The van der Waals surface area contributed by atoms with Crippen LogP contribution in [0.5, 0.6) is 0 Å². The van der Waals surface area contributed by atoms with E-state index in [1.807, 2.05) is 19.9 Å². The first-order valence-corrected chi connectivity index (χ1v) is 12.2. The molecule has 0 spiro atoms. The van der Waals surface area contributed by atoms with E-state index in [1.54, 1.807) is 40.9 Å². The van der Waals surface area contributed by atoms with Crippen LogP contribution in [0, 0.1) is 13.8 Å². The van der Waals surface area contributed by atoms with Crippen LogP contribution in [0.4, 0.5) is 16.2 Å². The summed E-state index contributed by atoms with van der Waals surface area (Å²) >= 11 is 1.68. The van der Waals surface area contributed by atoms with Gasteiger partial charge in [-0.05, 0) is 75.8 Å². The minimum absolute atomic E-state index is 0.0959. The number of aryl methyl sites for hydroxylation is 2. The number of amides is 3. The number of hydrogen-bond donors (Lipinski definition) is 2. The largest absolute Gasteiger partial charge is 0.352 e. The molecular weight excluding hydrogens is 422 g/mol. The second-order valence-electron chi connectivity index (χ2n) is 7.88. The molecule has 0 bridgehead atoms. The van der Waals surface area contributed by atoms with Gasteiger partial charge in [-0.25, -0.2) is 9.78 Å². The van der Waals surface area contributed by atoms with E-state index in [4.69, 9.17) is 0 Å². The molecule has 1 aliphatic rings. The molecule has 0 unspecified atom stereocenters. The Labute approximate surface area is 195 Å². The van der Waals surface area contributed by atoms with E-state index in [1.165, 1.54) is 0 Å². The highest BCUT2D eigenvalue weighted by Gasteiger charge is 2.26. The third-order valence-corrected chi connectivity index (χ3v) is 6.52. The molecular formula is C24H33N5O2S. The van der Waals surface area contributed by atoms with Gasteiger partial charge in [-0.2, -0.15) is 0 Å². The average Bonchev–Trinajstić information content (AvgIpc) is 2.79. The first kappa shape index (κ1) is 24.1. The molecule has 0 saturated carbocycles. The molecule has 2 N–H and O–H groups in total. The van der Waals surface area contributed by atoms with Crippen LogP contribution in [-0.2, 0) is 0 Å². The zero-order chi connectivity index (χ0) is 23.1. The van der Waals surface area contributed by atoms with E-state index < -0.39 is 0 Å². The van der Waals surface area contributed by atoms with Crippen molar-refractivity contribution in [2.45, 2.75) is 39.1 Å². The number of carbonyl (C=O) groups is 2. The molecule has 3 rings (SSSR count). The van der Waals surface area contributed by atoms with Gasteiger partial charge in [0.25, 0.3) is 5.91 Å². The molecule has 2 heterocycles. The van der Waals surface area contributed by atoms with Gasteiger partial charge in [-0.3, -0.25) is 9.69 Å². The molecule has 0 aliphatic carbocycles. The second kappa shape index (κ2) is 11.3. The van der Waals surface area contributed by atoms with Crippen molar-refractivity contribution in [2.75, 3.05) is 48.7 Å². The minimum Gasteiger partial charge on any atom is -0.352 e. The van der Waals surface area contributed by atoms with Crippen molar-refractivity contribution >= 4 is 35.1 Å². The number of urea groups is 1. The standard InChI is InChI=1S/C24H33N5O2S/c1-5-28(6-2)13-7-12-25-22(30)19-8-10-20(11-9-19)27-24(31)29-14-15-32-23-21(29)17(3)16-18(4)26-23/h8-11,16H,5-7,12-15H2,1-4H3,(H,25,30)(H,27,31). The lowest BCUT2D eigenvalue weighted by Gasteiger charge is -2.30. The molecule has 0 saturated heterocycles. The highest BCUT2D eigenvalue weighted by molar-refractivity contribution is 7.99. The Morgan fingerprint density at radius 2 is 1.88 bits per heavy atom. The smallest absolute Gasteiger partial charge is 0.326 e. The lowest BCUT2D eigenvalue weighted by molar-refractivity contribution is 0.0952. The van der Waals surface area contributed by atoms with Gasteiger partial charge in [-0.1, -0.05) is 13.8 Å². The Kier molecular flexibility index (Phi) is 8.53. The van der Waals surface area contributed by atoms with Gasteiger partial charge in [0.05, 0.1) is 5.69 Å². The molecule has 1 aromatic carbocycles. The zero-order valence-electron chi connectivity index (χ0n) is 19.4. The topological polar surface area (TPSA) is 77.6 Å². The Hall–Kier alpha value is -2.58. The van der Waals surface area contributed by atoms with Crippen LogP contribution in [0.25, 0.3) is 0 Å². The number of pyridine rings is 1. The van der Waals surface area contributed by atoms with E-state index in [0.29, 0.717) is 24.3 Å². The fourth-order valence-electron chi connectivity index (χ4n) is 3.82.